The molecular formula is C43H47IN6O4S2Si. The third kappa shape index (κ3) is 12.3. The summed E-state index contributed by atoms with van der Waals surface area (Å²) in [5.74, 6) is 2.57. The number of sulfone groups is 2. The van der Waals surface area contributed by atoms with Crippen molar-refractivity contribution in [1.29, 1.82) is 0 Å². The first-order chi connectivity index (χ1) is 26.6. The largest absolute Gasteiger partial charge is 0.380 e. The molecular weight excluding hydrogens is 884 g/mol. The van der Waals surface area contributed by atoms with E-state index in [1.807, 2.05) is 62.4 Å². The molecule has 0 bridgehead atoms. The number of fused-ring (bicyclic) bond motifs is 2. The van der Waals surface area contributed by atoms with Gasteiger partial charge in [0.2, 0.25) is 0 Å². The summed E-state index contributed by atoms with van der Waals surface area (Å²) in [4.78, 5) is 0.610. The maximum Gasteiger partial charge on any atom is 0.175 e. The number of hydrogen-bond acceptors (Lipinski definition) is 10. The second-order valence-corrected chi connectivity index (χ2v) is 24.8. The molecule has 57 heavy (non-hydrogen) atoms. The molecule has 0 atom stereocenters. The Hall–Kier alpha value is -4.87. The van der Waals surface area contributed by atoms with Crippen molar-refractivity contribution in [3.05, 3.63) is 94.3 Å². The fraction of sp³-hybridized carbons (Fsp3) is 0.256. The molecule has 0 aliphatic heterocycles. The van der Waals surface area contributed by atoms with Crippen LogP contribution in [0.4, 0.5) is 11.4 Å². The Morgan fingerprint density at radius 3 is 1.33 bits per heavy atom. The topological polar surface area (TPSA) is 144 Å². The first-order valence-electron chi connectivity index (χ1n) is 18.0. The van der Waals surface area contributed by atoms with Crippen LogP contribution in [0.3, 0.4) is 0 Å². The van der Waals surface area contributed by atoms with Crippen LogP contribution < -0.4 is 10.6 Å². The van der Waals surface area contributed by atoms with Gasteiger partial charge in [-0.3, -0.25) is 0 Å². The summed E-state index contributed by atoms with van der Waals surface area (Å²) in [6, 6.07) is 26.0. The summed E-state index contributed by atoms with van der Waals surface area (Å²) in [5.41, 5.74) is 10.3. The van der Waals surface area contributed by atoms with Gasteiger partial charge in [-0.15, -0.1) is 38.8 Å². The van der Waals surface area contributed by atoms with Gasteiger partial charge in [-0.25, -0.2) is 16.8 Å². The van der Waals surface area contributed by atoms with Gasteiger partial charge in [0, 0.05) is 35.4 Å². The van der Waals surface area contributed by atoms with Crippen molar-refractivity contribution in [3.63, 3.8) is 0 Å². The van der Waals surface area contributed by atoms with Crippen LogP contribution in [0.5, 0.6) is 0 Å². The van der Waals surface area contributed by atoms with Crippen LogP contribution in [0.1, 0.15) is 33.4 Å². The van der Waals surface area contributed by atoms with Crippen molar-refractivity contribution < 1.29 is 16.8 Å². The molecule has 0 fully saturated rings. The van der Waals surface area contributed by atoms with Gasteiger partial charge in [-0.05, 0) is 127 Å². The van der Waals surface area contributed by atoms with Crippen LogP contribution in [-0.2, 0) is 19.7 Å². The minimum atomic E-state index is -3.21. The molecule has 0 aliphatic rings. The van der Waals surface area contributed by atoms with Gasteiger partial charge in [-0.2, -0.15) is 0 Å². The number of nitrogens with one attached hydrogen (secondary N) is 2. The lowest BCUT2D eigenvalue weighted by atomic mass is 10.0. The standard InChI is InChI=1S/C20H19N3O2S.C18H18IN3O2S.C5H10Si/c1-5-18-20(21-13(2)3)17-11-8-15(12-19(17)23-22-18)14-6-9-16(10-7-14)26(4,24)25;1-11(2)20-17-15-9-6-13(10-16(15)21-22-18(17)19)12-4-7-14(8-5-12)25(3,23)24;1-5-6(2,3)4/h1,6-13H,2-4H3,(H,21,23);4-11H,1-3H3,(H,20,21);1H,2-4H3. The number of anilines is 2. The summed E-state index contributed by atoms with van der Waals surface area (Å²) >= 11 is 2.18. The fourth-order valence-corrected chi connectivity index (χ4v) is 7.12. The summed E-state index contributed by atoms with van der Waals surface area (Å²) in [6.45, 7) is 14.7. The van der Waals surface area contributed by atoms with E-state index >= 15 is 0 Å². The SMILES string of the molecule is C#C[Si](C)(C)C.C#Cc1nnc2cc(-c3ccc(S(C)(=O)=O)cc3)ccc2c1NC(C)C.CC(C)Nc1c(I)nnc2cc(-c3ccc(S(C)(=O)=O)cc3)ccc12. The highest BCUT2D eigenvalue weighted by Crippen LogP contribution is 2.32. The lowest BCUT2D eigenvalue weighted by Gasteiger charge is -2.14. The average Bonchev–Trinajstić information content (AvgIpc) is 3.15. The lowest BCUT2D eigenvalue weighted by molar-refractivity contribution is 0.600. The molecule has 6 rings (SSSR count). The molecule has 0 radical (unpaired) electrons. The van der Waals surface area contributed by atoms with Crippen molar-refractivity contribution >= 4 is 83.5 Å². The Morgan fingerprint density at radius 2 is 0.965 bits per heavy atom. The molecule has 0 aliphatic carbocycles. The number of hydrogen-bond donors (Lipinski definition) is 2. The molecule has 4 aromatic carbocycles. The summed E-state index contributed by atoms with van der Waals surface area (Å²) in [7, 11) is -7.50. The van der Waals surface area contributed by atoms with E-state index in [-0.39, 0.29) is 6.04 Å². The van der Waals surface area contributed by atoms with E-state index in [1.165, 1.54) is 12.5 Å². The molecule has 6 aromatic rings. The van der Waals surface area contributed by atoms with Crippen LogP contribution in [0, 0.1) is 28.0 Å². The summed E-state index contributed by atoms with van der Waals surface area (Å²) in [6.07, 6.45) is 13.1. The highest BCUT2D eigenvalue weighted by Gasteiger charge is 2.14. The molecule has 2 heterocycles. The Bertz CT molecular complexity index is 2700. The van der Waals surface area contributed by atoms with Crippen molar-refractivity contribution in [2.24, 2.45) is 0 Å². The van der Waals surface area contributed by atoms with E-state index in [0.717, 1.165) is 59.1 Å². The number of benzene rings is 4. The van der Waals surface area contributed by atoms with Crippen molar-refractivity contribution in [2.45, 2.75) is 69.2 Å². The normalized spacial score (nSPS) is 11.5. The predicted octanol–water partition coefficient (Wildman–Crippen LogP) is 9.12. The lowest BCUT2D eigenvalue weighted by Crippen LogP contribution is -2.15. The predicted molar refractivity (Wildman–Crippen MR) is 247 cm³/mol. The van der Waals surface area contributed by atoms with E-state index in [9.17, 15) is 16.8 Å². The minimum absolute atomic E-state index is 0.206. The first kappa shape index (κ1) is 44.8. The number of terminal acetylenes is 2. The van der Waals surface area contributed by atoms with Crippen LogP contribution in [0.25, 0.3) is 44.1 Å². The molecule has 14 heteroatoms. The summed E-state index contributed by atoms with van der Waals surface area (Å²) in [5, 5.41) is 25.6. The summed E-state index contributed by atoms with van der Waals surface area (Å²) < 4.78 is 47.2. The zero-order valence-corrected chi connectivity index (χ0v) is 38.3. The molecule has 2 N–H and O–H groups in total. The third-order valence-corrected chi connectivity index (χ3v) is 12.0. The number of nitrogens with zero attached hydrogens (tertiary/aromatic N) is 4. The second kappa shape index (κ2) is 18.6. The van der Waals surface area contributed by atoms with E-state index < -0.39 is 27.7 Å². The van der Waals surface area contributed by atoms with Gasteiger partial charge >= 0.3 is 0 Å². The van der Waals surface area contributed by atoms with Crippen molar-refractivity contribution in [2.75, 3.05) is 23.1 Å². The van der Waals surface area contributed by atoms with E-state index in [2.05, 4.69) is 98.6 Å². The van der Waals surface area contributed by atoms with Gasteiger partial charge in [-0.1, -0.05) is 56.0 Å². The molecule has 10 nitrogen and oxygen atoms in total. The molecule has 0 unspecified atom stereocenters. The zero-order chi connectivity index (χ0) is 42.3. The van der Waals surface area contributed by atoms with Gasteiger partial charge < -0.3 is 10.6 Å². The van der Waals surface area contributed by atoms with Crippen molar-refractivity contribution in [3.8, 4) is 46.6 Å². The zero-order valence-electron chi connectivity index (χ0n) is 33.5. The Morgan fingerprint density at radius 1 is 0.596 bits per heavy atom. The van der Waals surface area contributed by atoms with Gasteiger partial charge in [0.1, 0.15) is 11.8 Å². The highest BCUT2D eigenvalue weighted by atomic mass is 127. The molecule has 0 amide bonds. The van der Waals surface area contributed by atoms with E-state index in [0.29, 0.717) is 21.5 Å². The maximum atomic E-state index is 11.6. The number of halogens is 1. The highest BCUT2D eigenvalue weighted by molar-refractivity contribution is 14.1. The fourth-order valence-electron chi connectivity index (χ4n) is 5.30. The van der Waals surface area contributed by atoms with Gasteiger partial charge in [0.25, 0.3) is 0 Å². The van der Waals surface area contributed by atoms with E-state index in [4.69, 9.17) is 12.8 Å². The quantitative estimate of drug-likeness (QED) is 0.0862. The number of rotatable bonds is 8. The molecule has 0 spiro atoms. The molecule has 0 saturated heterocycles. The molecule has 2 aromatic heterocycles. The Kier molecular flexibility index (Phi) is 14.6. The van der Waals surface area contributed by atoms with Crippen molar-refractivity contribution in [1.82, 2.24) is 20.4 Å². The minimum Gasteiger partial charge on any atom is -0.380 e. The van der Waals surface area contributed by atoms with Gasteiger partial charge in [0.15, 0.2) is 25.4 Å². The van der Waals surface area contributed by atoms with Crippen LogP contribution in [0.15, 0.2) is 94.7 Å². The third-order valence-electron chi connectivity index (χ3n) is 8.15. The monoisotopic (exact) mass is 930 g/mol. The van der Waals surface area contributed by atoms with Crippen LogP contribution in [-0.4, -0.2) is 69.9 Å². The van der Waals surface area contributed by atoms with E-state index in [1.54, 1.807) is 36.4 Å². The van der Waals surface area contributed by atoms with Crippen LogP contribution in [0.2, 0.25) is 19.6 Å². The maximum absolute atomic E-state index is 11.6. The van der Waals surface area contributed by atoms with Crippen LogP contribution >= 0.6 is 22.6 Å². The second-order valence-electron chi connectivity index (χ2n) is 15.0. The van der Waals surface area contributed by atoms with Gasteiger partial charge in [0.05, 0.1) is 32.2 Å². The molecule has 296 valence electrons. The Balaban J connectivity index is 0.000000221. The number of aromatic nitrogens is 4. The first-order valence-corrected chi connectivity index (χ1v) is 26.3. The molecule has 0 saturated carbocycles. The smallest absolute Gasteiger partial charge is 0.175 e. The average molecular weight is 931 g/mol. The Labute approximate surface area is 351 Å².